The Morgan fingerprint density at radius 2 is 2.12 bits per heavy atom. The molecule has 1 aromatic rings. The number of carbonyl (C=O) groups excluding carboxylic acids is 1. The molecule has 0 bridgehead atoms. The molecule has 0 aliphatic heterocycles. The number of nitrogens with one attached hydrogen (secondary N) is 2. The van der Waals surface area contributed by atoms with Crippen LogP contribution in [0.5, 0.6) is 0 Å². The molecule has 0 atom stereocenters. The minimum absolute atomic E-state index is 0.000380. The molecule has 0 aliphatic carbocycles. The van der Waals surface area contributed by atoms with Gasteiger partial charge in [-0.2, -0.15) is 0 Å². The molecule has 17 heavy (non-hydrogen) atoms. The highest BCUT2D eigenvalue weighted by molar-refractivity contribution is 6.04. The molecule has 0 fully saturated rings. The molecule has 1 amide bonds. The molecule has 1 rings (SSSR count). The van der Waals surface area contributed by atoms with Gasteiger partial charge in [-0.3, -0.25) is 10.7 Å². The second kappa shape index (κ2) is 7.40. The number of alkyl carbamates (subject to hydrolysis) is 1. The Kier molecular flexibility index (Phi) is 5.74. The Labute approximate surface area is 100 Å². The summed E-state index contributed by atoms with van der Waals surface area (Å²) in [6.07, 6.45) is -0.650. The normalized spacial score (nSPS) is 9.71. The van der Waals surface area contributed by atoms with Crippen LogP contribution in [-0.2, 0) is 9.47 Å². The fraction of sp³-hybridized carbons (Fsp3) is 0.333. The highest BCUT2D eigenvalue weighted by Gasteiger charge is 2.06. The average molecular weight is 235 g/mol. The van der Waals surface area contributed by atoms with E-state index in [1.54, 1.807) is 24.3 Å². The number of hydrogen-bond donors (Lipinski definition) is 2. The van der Waals surface area contributed by atoms with Crippen LogP contribution in [0.4, 0.5) is 4.79 Å². The maximum atomic E-state index is 11.3. The summed E-state index contributed by atoms with van der Waals surface area (Å²) in [5, 5.41) is 9.95. The zero-order chi connectivity index (χ0) is 12.5. The van der Waals surface area contributed by atoms with Gasteiger partial charge in [0.2, 0.25) is 0 Å². The van der Waals surface area contributed by atoms with E-state index < -0.39 is 6.09 Å². The van der Waals surface area contributed by atoms with Crippen molar-refractivity contribution in [3.8, 4) is 0 Å². The van der Waals surface area contributed by atoms with Crippen molar-refractivity contribution in [2.24, 2.45) is 0 Å². The van der Waals surface area contributed by atoms with Gasteiger partial charge in [-0.25, -0.2) is 4.79 Å². The SMILES string of the molecule is CCOCCOC(=O)NC(=N)c1cc[c]cc1. The lowest BCUT2D eigenvalue weighted by Gasteiger charge is -2.07. The van der Waals surface area contributed by atoms with Gasteiger partial charge in [-0.1, -0.05) is 24.3 Å². The van der Waals surface area contributed by atoms with Crippen LogP contribution in [0.15, 0.2) is 24.3 Å². The molecule has 1 aromatic carbocycles. The predicted octanol–water partition coefficient (Wildman–Crippen LogP) is 1.57. The monoisotopic (exact) mass is 235 g/mol. The number of benzene rings is 1. The van der Waals surface area contributed by atoms with Gasteiger partial charge in [0.15, 0.2) is 0 Å². The Balaban J connectivity index is 2.29. The lowest BCUT2D eigenvalue weighted by atomic mass is 10.2. The van der Waals surface area contributed by atoms with E-state index in [2.05, 4.69) is 11.4 Å². The maximum Gasteiger partial charge on any atom is 0.412 e. The Bertz CT molecular complexity index is 365. The summed E-state index contributed by atoms with van der Waals surface area (Å²) in [5.74, 6) is 0.000380. The average Bonchev–Trinajstić information content (AvgIpc) is 2.36. The molecule has 0 heterocycles. The Hall–Kier alpha value is -1.88. The van der Waals surface area contributed by atoms with Crippen LogP contribution in [0.2, 0.25) is 0 Å². The van der Waals surface area contributed by atoms with E-state index in [1.807, 2.05) is 6.92 Å². The molecule has 0 saturated heterocycles. The highest BCUT2D eigenvalue weighted by atomic mass is 16.6. The fourth-order valence-electron chi connectivity index (χ4n) is 1.10. The molecule has 0 unspecified atom stereocenters. The maximum absolute atomic E-state index is 11.3. The van der Waals surface area contributed by atoms with Crippen LogP contribution < -0.4 is 5.32 Å². The molecular formula is C12H15N2O3. The minimum atomic E-state index is -0.650. The van der Waals surface area contributed by atoms with Gasteiger partial charge in [0.25, 0.3) is 0 Å². The molecule has 1 radical (unpaired) electrons. The van der Waals surface area contributed by atoms with Gasteiger partial charge in [-0.05, 0) is 13.0 Å². The van der Waals surface area contributed by atoms with E-state index in [1.165, 1.54) is 0 Å². The van der Waals surface area contributed by atoms with Crippen molar-refractivity contribution in [2.45, 2.75) is 6.92 Å². The first-order valence-electron chi connectivity index (χ1n) is 5.30. The van der Waals surface area contributed by atoms with Gasteiger partial charge in [0.05, 0.1) is 6.61 Å². The number of amidine groups is 1. The summed E-state index contributed by atoms with van der Waals surface area (Å²) in [5.41, 5.74) is 0.602. The van der Waals surface area contributed by atoms with Gasteiger partial charge >= 0.3 is 6.09 Å². The molecular weight excluding hydrogens is 220 g/mol. The number of amides is 1. The summed E-state index contributed by atoms with van der Waals surface area (Å²) >= 11 is 0. The van der Waals surface area contributed by atoms with E-state index in [-0.39, 0.29) is 12.4 Å². The molecule has 91 valence electrons. The smallest absolute Gasteiger partial charge is 0.412 e. The van der Waals surface area contributed by atoms with Crippen molar-refractivity contribution in [1.29, 1.82) is 5.41 Å². The number of carbonyl (C=O) groups is 1. The van der Waals surface area contributed by atoms with Crippen molar-refractivity contribution >= 4 is 11.9 Å². The van der Waals surface area contributed by atoms with E-state index in [9.17, 15) is 4.79 Å². The Morgan fingerprint density at radius 1 is 1.41 bits per heavy atom. The third kappa shape index (κ3) is 5.12. The Morgan fingerprint density at radius 3 is 2.76 bits per heavy atom. The van der Waals surface area contributed by atoms with Gasteiger partial charge in [0.1, 0.15) is 12.4 Å². The van der Waals surface area contributed by atoms with Gasteiger partial charge in [-0.15, -0.1) is 0 Å². The molecule has 5 heteroatoms. The third-order valence-corrected chi connectivity index (χ3v) is 1.90. The molecule has 0 aliphatic rings. The van der Waals surface area contributed by atoms with Crippen molar-refractivity contribution in [1.82, 2.24) is 5.32 Å². The molecule has 0 saturated carbocycles. The lowest BCUT2D eigenvalue weighted by Crippen LogP contribution is -2.31. The van der Waals surface area contributed by atoms with Crippen LogP contribution in [0, 0.1) is 11.5 Å². The molecule has 2 N–H and O–H groups in total. The molecule has 5 nitrogen and oxygen atoms in total. The standard InChI is InChI=1S/C12H15N2O3/c1-2-16-8-9-17-12(15)14-11(13)10-6-4-3-5-7-10/h4-7H,2,8-9H2,1H3,(H2,13,14,15). The zero-order valence-corrected chi connectivity index (χ0v) is 9.66. The fourth-order valence-corrected chi connectivity index (χ4v) is 1.10. The first-order chi connectivity index (χ1) is 8.24. The predicted molar refractivity (Wildman–Crippen MR) is 63.1 cm³/mol. The second-order valence-electron chi connectivity index (χ2n) is 3.12. The van der Waals surface area contributed by atoms with Crippen molar-refractivity contribution in [3.05, 3.63) is 35.9 Å². The molecule has 0 spiro atoms. The van der Waals surface area contributed by atoms with Gasteiger partial charge < -0.3 is 9.47 Å². The van der Waals surface area contributed by atoms with Crippen LogP contribution >= 0.6 is 0 Å². The summed E-state index contributed by atoms with van der Waals surface area (Å²) < 4.78 is 9.82. The van der Waals surface area contributed by atoms with E-state index >= 15 is 0 Å². The van der Waals surface area contributed by atoms with Crippen molar-refractivity contribution in [2.75, 3.05) is 19.8 Å². The minimum Gasteiger partial charge on any atom is -0.447 e. The number of ether oxygens (including phenoxy) is 2. The molecule has 0 aromatic heterocycles. The topological polar surface area (TPSA) is 71.4 Å². The summed E-state index contributed by atoms with van der Waals surface area (Å²) in [4.78, 5) is 11.3. The van der Waals surface area contributed by atoms with Crippen LogP contribution in [0.1, 0.15) is 12.5 Å². The van der Waals surface area contributed by atoms with E-state index in [0.29, 0.717) is 18.8 Å². The largest absolute Gasteiger partial charge is 0.447 e. The third-order valence-electron chi connectivity index (χ3n) is 1.90. The highest BCUT2D eigenvalue weighted by Crippen LogP contribution is 1.97. The number of hydrogen-bond acceptors (Lipinski definition) is 4. The van der Waals surface area contributed by atoms with Crippen LogP contribution in [0.25, 0.3) is 0 Å². The van der Waals surface area contributed by atoms with Crippen LogP contribution in [-0.4, -0.2) is 31.7 Å². The van der Waals surface area contributed by atoms with Crippen molar-refractivity contribution in [3.63, 3.8) is 0 Å². The zero-order valence-electron chi connectivity index (χ0n) is 9.66. The number of rotatable bonds is 5. The van der Waals surface area contributed by atoms with Crippen molar-refractivity contribution < 1.29 is 14.3 Å². The summed E-state index contributed by atoms with van der Waals surface area (Å²) in [6.45, 7) is 2.98. The summed E-state index contributed by atoms with van der Waals surface area (Å²) in [7, 11) is 0. The van der Waals surface area contributed by atoms with E-state index in [0.717, 1.165) is 0 Å². The lowest BCUT2D eigenvalue weighted by molar-refractivity contribution is 0.0810. The quantitative estimate of drug-likeness (QED) is 0.462. The first kappa shape index (κ1) is 13.2. The van der Waals surface area contributed by atoms with E-state index in [4.69, 9.17) is 14.9 Å². The first-order valence-corrected chi connectivity index (χ1v) is 5.30. The summed E-state index contributed by atoms with van der Waals surface area (Å²) in [6, 6.07) is 9.54. The van der Waals surface area contributed by atoms with Gasteiger partial charge in [0, 0.05) is 12.2 Å². The van der Waals surface area contributed by atoms with Crippen LogP contribution in [0.3, 0.4) is 0 Å². The second-order valence-corrected chi connectivity index (χ2v) is 3.12.